The van der Waals surface area contributed by atoms with Crippen molar-refractivity contribution in [1.82, 2.24) is 10.2 Å². The largest absolute Gasteiger partial charge is 0.444 e. The summed E-state index contributed by atoms with van der Waals surface area (Å²) in [4.78, 5) is 35.2. The highest BCUT2D eigenvalue weighted by Crippen LogP contribution is 2.06. The fourth-order valence-corrected chi connectivity index (χ4v) is 2.11. The van der Waals surface area contributed by atoms with E-state index in [1.54, 1.807) is 20.8 Å². The molecule has 1 aliphatic rings. The van der Waals surface area contributed by atoms with Gasteiger partial charge in [0.15, 0.2) is 0 Å². The van der Waals surface area contributed by atoms with E-state index in [-0.39, 0.29) is 25.0 Å². The Morgan fingerprint density at radius 1 is 0.828 bits per heavy atom. The van der Waals surface area contributed by atoms with E-state index in [4.69, 9.17) is 23.7 Å². The Bertz CT molecular complexity index is 527. The molecule has 29 heavy (non-hydrogen) atoms. The van der Waals surface area contributed by atoms with E-state index in [9.17, 15) is 14.4 Å². The maximum atomic E-state index is 11.4. The van der Waals surface area contributed by atoms with Crippen molar-refractivity contribution in [3.63, 3.8) is 0 Å². The summed E-state index contributed by atoms with van der Waals surface area (Å²) in [5.41, 5.74) is -0.515. The second kappa shape index (κ2) is 14.0. The maximum absolute atomic E-state index is 11.4. The van der Waals surface area contributed by atoms with Gasteiger partial charge in [0.05, 0.1) is 59.4 Å². The lowest BCUT2D eigenvalue weighted by Crippen LogP contribution is -2.34. The van der Waals surface area contributed by atoms with Crippen molar-refractivity contribution in [3.8, 4) is 0 Å². The average molecular weight is 416 g/mol. The molecule has 0 atom stereocenters. The number of hydrogen-bond donors (Lipinski definition) is 1. The van der Waals surface area contributed by atoms with Gasteiger partial charge < -0.3 is 29.0 Å². The number of hydrogen-bond acceptors (Lipinski definition) is 8. The molecule has 0 saturated heterocycles. The van der Waals surface area contributed by atoms with E-state index in [2.05, 4.69) is 5.32 Å². The van der Waals surface area contributed by atoms with Crippen molar-refractivity contribution in [3.05, 3.63) is 12.2 Å². The van der Waals surface area contributed by atoms with Gasteiger partial charge in [-0.1, -0.05) is 0 Å². The molecule has 0 fully saturated rings. The zero-order valence-electron chi connectivity index (χ0n) is 17.4. The zero-order valence-corrected chi connectivity index (χ0v) is 17.4. The van der Waals surface area contributed by atoms with Crippen molar-refractivity contribution in [1.29, 1.82) is 0 Å². The fraction of sp³-hybridized carbons (Fsp3) is 0.737. The molecule has 1 aliphatic heterocycles. The highest BCUT2D eigenvalue weighted by atomic mass is 16.6. The Morgan fingerprint density at radius 2 is 1.28 bits per heavy atom. The van der Waals surface area contributed by atoms with Crippen LogP contribution < -0.4 is 5.32 Å². The van der Waals surface area contributed by atoms with E-state index in [0.717, 1.165) is 4.90 Å². The van der Waals surface area contributed by atoms with Gasteiger partial charge in [-0.2, -0.15) is 0 Å². The van der Waals surface area contributed by atoms with Gasteiger partial charge in [0.1, 0.15) is 5.60 Å². The molecular formula is C19H32N2O8. The minimum absolute atomic E-state index is 0.237. The molecule has 0 aliphatic carbocycles. The number of ether oxygens (including phenoxy) is 5. The summed E-state index contributed by atoms with van der Waals surface area (Å²) < 4.78 is 26.5. The lowest BCUT2D eigenvalue weighted by molar-refractivity contribution is -0.137. The van der Waals surface area contributed by atoms with Crippen LogP contribution in [0.1, 0.15) is 20.8 Å². The van der Waals surface area contributed by atoms with Crippen LogP contribution in [0.2, 0.25) is 0 Å². The van der Waals surface area contributed by atoms with Gasteiger partial charge in [0.2, 0.25) is 0 Å². The molecule has 0 unspecified atom stereocenters. The lowest BCUT2D eigenvalue weighted by atomic mass is 10.2. The number of imide groups is 1. The molecule has 0 spiro atoms. The van der Waals surface area contributed by atoms with E-state index < -0.39 is 11.7 Å². The number of amides is 3. The molecule has 0 bridgehead atoms. The predicted molar refractivity (Wildman–Crippen MR) is 103 cm³/mol. The fourth-order valence-electron chi connectivity index (χ4n) is 2.11. The molecule has 0 saturated carbocycles. The smallest absolute Gasteiger partial charge is 0.407 e. The van der Waals surface area contributed by atoms with E-state index in [0.29, 0.717) is 52.8 Å². The molecule has 1 heterocycles. The van der Waals surface area contributed by atoms with Crippen LogP contribution in [0, 0.1) is 0 Å². The Kier molecular flexibility index (Phi) is 12.1. The van der Waals surface area contributed by atoms with Gasteiger partial charge in [0, 0.05) is 18.7 Å². The second-order valence-electron chi connectivity index (χ2n) is 7.04. The maximum Gasteiger partial charge on any atom is 0.407 e. The van der Waals surface area contributed by atoms with Crippen molar-refractivity contribution in [2.24, 2.45) is 0 Å². The Hall–Kier alpha value is -2.01. The first kappa shape index (κ1) is 25.0. The topological polar surface area (TPSA) is 113 Å². The first-order chi connectivity index (χ1) is 13.8. The third-order valence-electron chi connectivity index (χ3n) is 3.39. The van der Waals surface area contributed by atoms with Crippen LogP contribution in [-0.2, 0) is 33.3 Å². The summed E-state index contributed by atoms with van der Waals surface area (Å²) in [6.45, 7) is 9.15. The number of rotatable bonds is 15. The first-order valence-electron chi connectivity index (χ1n) is 9.61. The van der Waals surface area contributed by atoms with Crippen LogP contribution >= 0.6 is 0 Å². The molecule has 0 aromatic heterocycles. The van der Waals surface area contributed by atoms with Crippen LogP contribution in [0.25, 0.3) is 0 Å². The Balaban J connectivity index is 1.78. The normalized spacial score (nSPS) is 14.0. The monoisotopic (exact) mass is 416 g/mol. The summed E-state index contributed by atoms with van der Waals surface area (Å²) in [5, 5.41) is 2.60. The number of nitrogens with one attached hydrogen (secondary N) is 1. The standard InChI is InChI=1S/C19H32N2O8/c1-19(2,3)29-18(24)20-6-8-25-10-12-27-14-15-28-13-11-26-9-7-21-16(22)4-5-17(21)23/h4-5H,6-15H2,1-3H3,(H,20,24). The van der Waals surface area contributed by atoms with Gasteiger partial charge in [-0.15, -0.1) is 0 Å². The Morgan fingerprint density at radius 3 is 1.76 bits per heavy atom. The van der Waals surface area contributed by atoms with E-state index in [1.165, 1.54) is 12.2 Å². The third-order valence-corrected chi connectivity index (χ3v) is 3.39. The van der Waals surface area contributed by atoms with Crippen LogP contribution in [0.3, 0.4) is 0 Å². The van der Waals surface area contributed by atoms with Crippen molar-refractivity contribution < 1.29 is 38.1 Å². The molecule has 1 rings (SSSR count). The molecule has 0 aromatic carbocycles. The highest BCUT2D eigenvalue weighted by Gasteiger charge is 2.22. The highest BCUT2D eigenvalue weighted by molar-refractivity contribution is 6.12. The predicted octanol–water partition coefficient (Wildman–Crippen LogP) is 0.503. The van der Waals surface area contributed by atoms with E-state index >= 15 is 0 Å². The average Bonchev–Trinajstić information content (AvgIpc) is 2.95. The molecule has 0 aromatic rings. The van der Waals surface area contributed by atoms with E-state index in [1.807, 2.05) is 0 Å². The molecular weight excluding hydrogens is 384 g/mol. The molecule has 10 nitrogen and oxygen atoms in total. The van der Waals surface area contributed by atoms with Crippen LogP contribution in [0.5, 0.6) is 0 Å². The van der Waals surface area contributed by atoms with Gasteiger partial charge in [-0.3, -0.25) is 14.5 Å². The quantitative estimate of drug-likeness (QED) is 0.303. The Labute approximate surface area is 171 Å². The van der Waals surface area contributed by atoms with Crippen LogP contribution in [-0.4, -0.2) is 94.4 Å². The lowest BCUT2D eigenvalue weighted by Gasteiger charge is -2.19. The number of carbonyl (C=O) groups excluding carboxylic acids is 3. The van der Waals surface area contributed by atoms with Gasteiger partial charge in [-0.25, -0.2) is 4.79 Å². The molecule has 3 amide bonds. The summed E-state index contributed by atoms with van der Waals surface area (Å²) in [6, 6.07) is 0. The summed E-state index contributed by atoms with van der Waals surface area (Å²) in [7, 11) is 0. The SMILES string of the molecule is CC(C)(C)OC(=O)NCCOCCOCCOCCOCCN1C(=O)C=CC1=O. The van der Waals surface area contributed by atoms with Crippen molar-refractivity contribution in [2.45, 2.75) is 26.4 Å². The number of alkyl carbamates (subject to hydrolysis) is 1. The second-order valence-corrected chi connectivity index (χ2v) is 7.04. The molecule has 1 N–H and O–H groups in total. The van der Waals surface area contributed by atoms with Gasteiger partial charge >= 0.3 is 6.09 Å². The number of carbonyl (C=O) groups is 3. The van der Waals surface area contributed by atoms with Crippen molar-refractivity contribution in [2.75, 3.05) is 65.9 Å². The summed E-state index contributed by atoms with van der Waals surface area (Å²) in [5.74, 6) is -0.620. The molecule has 10 heteroatoms. The summed E-state index contributed by atoms with van der Waals surface area (Å²) in [6.07, 6.45) is 2.03. The van der Waals surface area contributed by atoms with Crippen LogP contribution in [0.4, 0.5) is 4.79 Å². The number of nitrogens with zero attached hydrogens (tertiary/aromatic N) is 1. The summed E-state index contributed by atoms with van der Waals surface area (Å²) >= 11 is 0. The van der Waals surface area contributed by atoms with Gasteiger partial charge in [-0.05, 0) is 20.8 Å². The van der Waals surface area contributed by atoms with Gasteiger partial charge in [0.25, 0.3) is 11.8 Å². The minimum Gasteiger partial charge on any atom is -0.444 e. The molecule has 166 valence electrons. The molecule has 0 radical (unpaired) electrons. The van der Waals surface area contributed by atoms with Crippen LogP contribution in [0.15, 0.2) is 12.2 Å². The van der Waals surface area contributed by atoms with Crippen molar-refractivity contribution >= 4 is 17.9 Å². The third kappa shape index (κ3) is 12.9. The zero-order chi connectivity index (χ0) is 21.5. The first-order valence-corrected chi connectivity index (χ1v) is 9.61. The minimum atomic E-state index is -0.515.